The Morgan fingerprint density at radius 2 is 1.90 bits per heavy atom. The van der Waals surface area contributed by atoms with Gasteiger partial charge in [-0.1, -0.05) is 24.0 Å². The smallest absolute Gasteiger partial charge is 0.135 e. The molecule has 1 N–H and O–H groups in total. The second kappa shape index (κ2) is 6.69. The molecule has 0 aromatic heterocycles. The molecule has 0 atom stereocenters. The number of hydrogen-bond acceptors (Lipinski definition) is 2. The van der Waals surface area contributed by atoms with E-state index in [0.29, 0.717) is 11.3 Å². The van der Waals surface area contributed by atoms with Gasteiger partial charge in [0.25, 0.3) is 0 Å². The number of aliphatic hydroxyl groups excluding tert-OH is 1. The Labute approximate surface area is 115 Å². The van der Waals surface area contributed by atoms with E-state index < -0.39 is 11.6 Å². The summed E-state index contributed by atoms with van der Waals surface area (Å²) in [5, 5.41) is 8.69. The quantitative estimate of drug-likeness (QED) is 0.872. The molecule has 2 nitrogen and oxygen atoms in total. The highest BCUT2D eigenvalue weighted by atomic mass is 19.1. The van der Waals surface area contributed by atoms with Gasteiger partial charge in [-0.15, -0.1) is 0 Å². The third-order valence-corrected chi connectivity index (χ3v) is 2.59. The van der Waals surface area contributed by atoms with Crippen molar-refractivity contribution in [2.24, 2.45) is 0 Å². The molecule has 4 heteroatoms. The largest absolute Gasteiger partial charge is 0.487 e. The SMILES string of the molecule is OCC#Cc1ccccc1OCc1ccc(F)cc1F. The monoisotopic (exact) mass is 274 g/mol. The molecule has 2 rings (SSSR count). The molecule has 0 aliphatic heterocycles. The van der Waals surface area contributed by atoms with Crippen molar-refractivity contribution in [1.29, 1.82) is 0 Å². The summed E-state index contributed by atoms with van der Waals surface area (Å²) in [6.45, 7) is -0.273. The number of rotatable bonds is 3. The van der Waals surface area contributed by atoms with Crippen LogP contribution >= 0.6 is 0 Å². The molecule has 20 heavy (non-hydrogen) atoms. The molecular weight excluding hydrogens is 262 g/mol. The zero-order valence-corrected chi connectivity index (χ0v) is 10.6. The predicted molar refractivity (Wildman–Crippen MR) is 71.1 cm³/mol. The van der Waals surface area contributed by atoms with Crippen LogP contribution in [0.25, 0.3) is 0 Å². The average Bonchev–Trinajstić information content (AvgIpc) is 2.45. The van der Waals surface area contributed by atoms with E-state index in [1.54, 1.807) is 24.3 Å². The number of halogens is 2. The predicted octanol–water partition coefficient (Wildman–Crippen LogP) is 2.89. The molecule has 0 unspecified atom stereocenters. The van der Waals surface area contributed by atoms with Crippen LogP contribution in [0.15, 0.2) is 42.5 Å². The van der Waals surface area contributed by atoms with Crippen molar-refractivity contribution in [3.63, 3.8) is 0 Å². The lowest BCUT2D eigenvalue weighted by Gasteiger charge is -2.09. The van der Waals surface area contributed by atoms with Crippen LogP contribution in [0.1, 0.15) is 11.1 Å². The molecule has 102 valence electrons. The molecule has 0 saturated heterocycles. The Hall–Kier alpha value is -2.38. The van der Waals surface area contributed by atoms with E-state index in [1.165, 1.54) is 12.1 Å². The molecule has 0 fully saturated rings. The minimum Gasteiger partial charge on any atom is -0.487 e. The van der Waals surface area contributed by atoms with Gasteiger partial charge in [0.1, 0.15) is 30.6 Å². The first kappa shape index (κ1) is 14.0. The molecule has 0 aliphatic carbocycles. The van der Waals surface area contributed by atoms with Crippen LogP contribution in [-0.4, -0.2) is 11.7 Å². The van der Waals surface area contributed by atoms with Crippen molar-refractivity contribution >= 4 is 0 Å². The van der Waals surface area contributed by atoms with Gasteiger partial charge in [0, 0.05) is 11.6 Å². The maximum absolute atomic E-state index is 13.5. The van der Waals surface area contributed by atoms with Crippen molar-refractivity contribution in [1.82, 2.24) is 0 Å². The van der Waals surface area contributed by atoms with Gasteiger partial charge in [-0.25, -0.2) is 8.78 Å². The van der Waals surface area contributed by atoms with E-state index in [1.807, 2.05) is 0 Å². The molecule has 0 radical (unpaired) electrons. The highest BCUT2D eigenvalue weighted by Crippen LogP contribution is 2.19. The fourth-order valence-corrected chi connectivity index (χ4v) is 1.62. The Kier molecular flexibility index (Phi) is 4.70. The van der Waals surface area contributed by atoms with Gasteiger partial charge < -0.3 is 9.84 Å². The highest BCUT2D eigenvalue weighted by molar-refractivity contribution is 5.46. The van der Waals surface area contributed by atoms with Crippen molar-refractivity contribution in [2.45, 2.75) is 6.61 Å². The lowest BCUT2D eigenvalue weighted by Crippen LogP contribution is -2.00. The number of benzene rings is 2. The number of ether oxygens (including phenoxy) is 1. The van der Waals surface area contributed by atoms with Crippen molar-refractivity contribution in [3.05, 3.63) is 65.2 Å². The molecule has 0 heterocycles. The number of hydrogen-bond donors (Lipinski definition) is 1. The minimum atomic E-state index is -0.649. The van der Waals surface area contributed by atoms with E-state index in [4.69, 9.17) is 9.84 Å². The third-order valence-electron chi connectivity index (χ3n) is 2.59. The van der Waals surface area contributed by atoms with Gasteiger partial charge in [0.2, 0.25) is 0 Å². The summed E-state index contributed by atoms with van der Waals surface area (Å²) in [6, 6.07) is 10.3. The Morgan fingerprint density at radius 1 is 1.10 bits per heavy atom. The van der Waals surface area contributed by atoms with Gasteiger partial charge in [0.15, 0.2) is 0 Å². The number of aliphatic hydroxyl groups is 1. The van der Waals surface area contributed by atoms with Gasteiger partial charge in [-0.05, 0) is 24.3 Å². The zero-order valence-electron chi connectivity index (χ0n) is 10.6. The second-order valence-corrected chi connectivity index (χ2v) is 3.98. The Bertz CT molecular complexity index is 657. The summed E-state index contributed by atoms with van der Waals surface area (Å²) < 4.78 is 31.8. The first-order valence-corrected chi connectivity index (χ1v) is 5.96. The van der Waals surface area contributed by atoms with Gasteiger partial charge in [-0.3, -0.25) is 0 Å². The van der Waals surface area contributed by atoms with Crippen molar-refractivity contribution < 1.29 is 18.6 Å². The van der Waals surface area contributed by atoms with Crippen LogP contribution in [0.4, 0.5) is 8.78 Å². The van der Waals surface area contributed by atoms with E-state index >= 15 is 0 Å². The highest BCUT2D eigenvalue weighted by Gasteiger charge is 2.06. The van der Waals surface area contributed by atoms with E-state index in [9.17, 15) is 8.78 Å². The first-order chi connectivity index (χ1) is 9.70. The molecule has 0 saturated carbocycles. The topological polar surface area (TPSA) is 29.5 Å². The summed E-state index contributed by atoms with van der Waals surface area (Å²) in [5.41, 5.74) is 0.861. The van der Waals surface area contributed by atoms with Crippen LogP contribution < -0.4 is 4.74 Å². The summed E-state index contributed by atoms with van der Waals surface area (Å²) >= 11 is 0. The maximum atomic E-state index is 13.5. The molecular formula is C16H12F2O2. The summed E-state index contributed by atoms with van der Waals surface area (Å²) in [7, 11) is 0. The molecule has 0 aliphatic rings. The van der Waals surface area contributed by atoms with Gasteiger partial charge in [-0.2, -0.15) is 0 Å². The second-order valence-electron chi connectivity index (χ2n) is 3.98. The zero-order chi connectivity index (χ0) is 14.4. The van der Waals surface area contributed by atoms with Crippen molar-refractivity contribution in [2.75, 3.05) is 6.61 Å². The van der Waals surface area contributed by atoms with E-state index in [2.05, 4.69) is 11.8 Å². The van der Waals surface area contributed by atoms with Crippen LogP contribution in [0, 0.1) is 23.5 Å². The van der Waals surface area contributed by atoms with Gasteiger partial charge in [0.05, 0.1) is 5.56 Å². The molecule has 2 aromatic rings. The Morgan fingerprint density at radius 3 is 2.65 bits per heavy atom. The molecule has 0 bridgehead atoms. The van der Waals surface area contributed by atoms with Crippen LogP contribution in [0.5, 0.6) is 5.75 Å². The van der Waals surface area contributed by atoms with Gasteiger partial charge >= 0.3 is 0 Å². The minimum absolute atomic E-state index is 0.0239. The summed E-state index contributed by atoms with van der Waals surface area (Å²) in [4.78, 5) is 0. The van der Waals surface area contributed by atoms with Crippen LogP contribution in [0.3, 0.4) is 0 Å². The molecule has 2 aromatic carbocycles. The first-order valence-electron chi connectivity index (χ1n) is 5.96. The summed E-state index contributed by atoms with van der Waals surface area (Å²) in [5.74, 6) is 4.48. The van der Waals surface area contributed by atoms with Crippen molar-refractivity contribution in [3.8, 4) is 17.6 Å². The standard InChI is InChI=1S/C16H12F2O2/c17-14-8-7-13(15(18)10-14)11-20-16-6-2-1-4-12(16)5-3-9-19/h1-2,4,6-8,10,19H,9,11H2. The lowest BCUT2D eigenvalue weighted by molar-refractivity contribution is 0.298. The normalized spacial score (nSPS) is 9.75. The molecule has 0 amide bonds. The fourth-order valence-electron chi connectivity index (χ4n) is 1.62. The molecule has 0 spiro atoms. The van der Waals surface area contributed by atoms with E-state index in [0.717, 1.165) is 6.07 Å². The fraction of sp³-hybridized carbons (Fsp3) is 0.125. The number of para-hydroxylation sites is 1. The third kappa shape index (κ3) is 3.56. The lowest BCUT2D eigenvalue weighted by atomic mass is 10.2. The Balaban J connectivity index is 2.14. The summed E-state index contributed by atoms with van der Waals surface area (Å²) in [6.07, 6.45) is 0. The average molecular weight is 274 g/mol. The van der Waals surface area contributed by atoms with Crippen LogP contribution in [0.2, 0.25) is 0 Å². The van der Waals surface area contributed by atoms with E-state index in [-0.39, 0.29) is 18.8 Å². The van der Waals surface area contributed by atoms with Crippen LogP contribution in [-0.2, 0) is 6.61 Å². The maximum Gasteiger partial charge on any atom is 0.135 e.